The maximum absolute atomic E-state index is 12.7. The molecule has 0 aromatic heterocycles. The number of rotatable bonds is 6. The van der Waals surface area contributed by atoms with E-state index < -0.39 is 10.0 Å². The Kier molecular flexibility index (Phi) is 8.34. The normalized spacial score (nSPS) is 19.2. The Labute approximate surface area is 156 Å². The number of hydrogen-bond donors (Lipinski definition) is 2. The molecule has 142 valence electrons. The summed E-state index contributed by atoms with van der Waals surface area (Å²) in [5, 5.41) is 0. The molecule has 2 rings (SSSR count). The largest absolute Gasteiger partial charge is 0.334 e. The van der Waals surface area contributed by atoms with Gasteiger partial charge in [-0.2, -0.15) is 0 Å². The highest BCUT2D eigenvalue weighted by atomic mass is 35.5. The van der Waals surface area contributed by atoms with Crippen molar-refractivity contribution in [2.24, 2.45) is 5.73 Å². The number of carbonyl (C=O) groups excluding carboxylic acids is 1. The van der Waals surface area contributed by atoms with E-state index in [1.54, 1.807) is 31.2 Å². The van der Waals surface area contributed by atoms with Crippen LogP contribution in [0.4, 0.5) is 0 Å². The van der Waals surface area contributed by atoms with Crippen LogP contribution in [0.3, 0.4) is 0 Å². The number of hydrogen-bond acceptors (Lipinski definition) is 4. The Balaban J connectivity index is 0.00000312. The lowest BCUT2D eigenvalue weighted by atomic mass is 9.96. The third kappa shape index (κ3) is 5.95. The fraction of sp³-hybridized carbons (Fsp3) is 0.588. The molecule has 0 bridgehead atoms. The minimum Gasteiger partial charge on any atom is -0.334 e. The van der Waals surface area contributed by atoms with Gasteiger partial charge >= 0.3 is 0 Å². The van der Waals surface area contributed by atoms with Gasteiger partial charge in [0, 0.05) is 30.7 Å². The van der Waals surface area contributed by atoms with Crippen molar-refractivity contribution in [1.82, 2.24) is 9.62 Å². The maximum Gasteiger partial charge on any atom is 0.254 e. The van der Waals surface area contributed by atoms with Gasteiger partial charge in [0.25, 0.3) is 5.91 Å². The molecule has 1 saturated heterocycles. The fourth-order valence-corrected chi connectivity index (χ4v) is 3.57. The molecule has 2 unspecified atom stereocenters. The predicted molar refractivity (Wildman–Crippen MR) is 102 cm³/mol. The minimum atomic E-state index is -3.22. The van der Waals surface area contributed by atoms with Crippen LogP contribution in [-0.2, 0) is 16.6 Å². The first-order chi connectivity index (χ1) is 11.3. The molecule has 0 aliphatic carbocycles. The molecule has 25 heavy (non-hydrogen) atoms. The second-order valence-corrected chi connectivity index (χ2v) is 8.44. The monoisotopic (exact) mass is 389 g/mol. The standard InChI is InChI=1S/C17H27N3O3S.ClH/c1-3-24(22,23)19-12-14-7-9-15(10-8-14)17(21)20-11-5-4-6-16(20)13(2)18;/h7-10,13,16,19H,3-6,11-12,18H2,1-2H3;1H. The second-order valence-electron chi connectivity index (χ2n) is 6.34. The summed E-state index contributed by atoms with van der Waals surface area (Å²) in [5.41, 5.74) is 7.47. The van der Waals surface area contributed by atoms with E-state index in [4.69, 9.17) is 5.73 Å². The summed E-state index contributed by atoms with van der Waals surface area (Å²) in [6.07, 6.45) is 3.05. The van der Waals surface area contributed by atoms with E-state index in [9.17, 15) is 13.2 Å². The van der Waals surface area contributed by atoms with E-state index in [-0.39, 0.29) is 42.7 Å². The highest BCUT2D eigenvalue weighted by Crippen LogP contribution is 2.21. The Bertz CT molecular complexity index is 662. The predicted octanol–water partition coefficient (Wildman–Crippen LogP) is 1.89. The molecule has 1 heterocycles. The van der Waals surface area contributed by atoms with Crippen LogP contribution in [0.5, 0.6) is 0 Å². The third-order valence-corrected chi connectivity index (χ3v) is 5.84. The van der Waals surface area contributed by atoms with Crippen LogP contribution >= 0.6 is 12.4 Å². The lowest BCUT2D eigenvalue weighted by Gasteiger charge is -2.38. The quantitative estimate of drug-likeness (QED) is 0.777. The van der Waals surface area contributed by atoms with Crippen LogP contribution in [0.25, 0.3) is 0 Å². The highest BCUT2D eigenvalue weighted by molar-refractivity contribution is 7.89. The topological polar surface area (TPSA) is 92.5 Å². The van der Waals surface area contributed by atoms with E-state index in [0.717, 1.165) is 31.4 Å². The van der Waals surface area contributed by atoms with Gasteiger partial charge in [0.15, 0.2) is 0 Å². The molecule has 6 nitrogen and oxygen atoms in total. The number of likely N-dealkylation sites (tertiary alicyclic amines) is 1. The lowest BCUT2D eigenvalue weighted by Crippen LogP contribution is -2.51. The molecule has 1 amide bonds. The van der Waals surface area contributed by atoms with Crippen molar-refractivity contribution in [3.8, 4) is 0 Å². The summed E-state index contributed by atoms with van der Waals surface area (Å²) in [6.45, 7) is 4.51. The molecule has 0 spiro atoms. The number of carbonyl (C=O) groups is 1. The van der Waals surface area contributed by atoms with Crippen LogP contribution in [0.2, 0.25) is 0 Å². The molecule has 8 heteroatoms. The average Bonchev–Trinajstić information content (AvgIpc) is 2.60. The molecule has 1 aromatic rings. The number of nitrogens with zero attached hydrogens (tertiary/aromatic N) is 1. The second kappa shape index (κ2) is 9.52. The van der Waals surface area contributed by atoms with Crippen molar-refractivity contribution in [1.29, 1.82) is 0 Å². The Morgan fingerprint density at radius 3 is 2.52 bits per heavy atom. The number of halogens is 1. The SMILES string of the molecule is CCS(=O)(=O)NCc1ccc(C(=O)N2CCCCC2C(C)N)cc1.Cl. The summed E-state index contributed by atoms with van der Waals surface area (Å²) < 4.78 is 25.5. The van der Waals surface area contributed by atoms with Gasteiger partial charge in [-0.25, -0.2) is 13.1 Å². The summed E-state index contributed by atoms with van der Waals surface area (Å²) in [6, 6.07) is 7.13. The van der Waals surface area contributed by atoms with Gasteiger partial charge in [-0.3, -0.25) is 4.79 Å². The van der Waals surface area contributed by atoms with Crippen LogP contribution in [0, 0.1) is 0 Å². The molecule has 0 saturated carbocycles. The lowest BCUT2D eigenvalue weighted by molar-refractivity contribution is 0.0584. The molecule has 1 aliphatic heterocycles. The van der Waals surface area contributed by atoms with Crippen molar-refractivity contribution >= 4 is 28.3 Å². The summed E-state index contributed by atoms with van der Waals surface area (Å²) in [4.78, 5) is 14.6. The molecular weight excluding hydrogens is 362 g/mol. The molecule has 1 aromatic carbocycles. The number of nitrogens with two attached hydrogens (primary N) is 1. The van der Waals surface area contributed by atoms with Crippen LogP contribution in [0.15, 0.2) is 24.3 Å². The van der Waals surface area contributed by atoms with E-state index in [2.05, 4.69) is 4.72 Å². The number of benzene rings is 1. The van der Waals surface area contributed by atoms with Crippen molar-refractivity contribution in [3.05, 3.63) is 35.4 Å². The Morgan fingerprint density at radius 1 is 1.32 bits per heavy atom. The maximum atomic E-state index is 12.7. The van der Waals surface area contributed by atoms with Crippen molar-refractivity contribution in [2.75, 3.05) is 12.3 Å². The van der Waals surface area contributed by atoms with Gasteiger partial charge in [-0.15, -0.1) is 12.4 Å². The minimum absolute atomic E-state index is 0. The Morgan fingerprint density at radius 2 is 1.96 bits per heavy atom. The molecule has 2 atom stereocenters. The van der Waals surface area contributed by atoms with Gasteiger partial charge in [-0.1, -0.05) is 12.1 Å². The summed E-state index contributed by atoms with van der Waals surface area (Å²) in [7, 11) is -3.22. The zero-order chi connectivity index (χ0) is 17.7. The smallest absolute Gasteiger partial charge is 0.254 e. The molecule has 1 fully saturated rings. The van der Waals surface area contributed by atoms with Crippen LogP contribution < -0.4 is 10.5 Å². The first kappa shape index (κ1) is 21.9. The van der Waals surface area contributed by atoms with Crippen molar-refractivity contribution in [2.45, 2.75) is 51.7 Å². The van der Waals surface area contributed by atoms with E-state index in [1.165, 1.54) is 0 Å². The van der Waals surface area contributed by atoms with E-state index in [0.29, 0.717) is 5.56 Å². The van der Waals surface area contributed by atoms with Gasteiger partial charge in [0.2, 0.25) is 10.0 Å². The van der Waals surface area contributed by atoms with Crippen LogP contribution in [0.1, 0.15) is 49.0 Å². The Hall–Kier alpha value is -1.15. The highest BCUT2D eigenvalue weighted by Gasteiger charge is 2.29. The summed E-state index contributed by atoms with van der Waals surface area (Å²) in [5.74, 6) is 0.0506. The first-order valence-electron chi connectivity index (χ1n) is 8.47. The zero-order valence-corrected chi connectivity index (χ0v) is 16.4. The van der Waals surface area contributed by atoms with Gasteiger partial charge < -0.3 is 10.6 Å². The van der Waals surface area contributed by atoms with E-state index >= 15 is 0 Å². The summed E-state index contributed by atoms with van der Waals surface area (Å²) >= 11 is 0. The van der Waals surface area contributed by atoms with Gasteiger partial charge in [0.1, 0.15) is 0 Å². The molecular formula is C17H28ClN3O3S. The number of piperidine rings is 1. The zero-order valence-electron chi connectivity index (χ0n) is 14.8. The third-order valence-electron chi connectivity index (χ3n) is 4.49. The van der Waals surface area contributed by atoms with Gasteiger partial charge in [-0.05, 0) is 50.8 Å². The van der Waals surface area contributed by atoms with E-state index in [1.807, 2.05) is 11.8 Å². The van der Waals surface area contributed by atoms with Crippen molar-refractivity contribution < 1.29 is 13.2 Å². The molecule has 3 N–H and O–H groups in total. The fourth-order valence-electron chi connectivity index (χ4n) is 2.98. The average molecular weight is 390 g/mol. The number of nitrogens with one attached hydrogen (secondary N) is 1. The first-order valence-corrected chi connectivity index (χ1v) is 10.1. The van der Waals surface area contributed by atoms with Crippen LogP contribution in [-0.4, -0.2) is 43.6 Å². The number of sulfonamides is 1. The van der Waals surface area contributed by atoms with Crippen molar-refractivity contribution in [3.63, 3.8) is 0 Å². The molecule has 1 aliphatic rings. The molecule has 0 radical (unpaired) electrons. The number of amides is 1. The van der Waals surface area contributed by atoms with Gasteiger partial charge in [0.05, 0.1) is 5.75 Å².